The van der Waals surface area contributed by atoms with Crippen LogP contribution < -0.4 is 0 Å². The molecule has 0 saturated heterocycles. The summed E-state index contributed by atoms with van der Waals surface area (Å²) in [6.45, 7) is 6.62. The van der Waals surface area contributed by atoms with E-state index in [1.807, 2.05) is 0 Å². The number of unbranched alkanes of at least 4 members (excludes halogenated alkanes) is 13. The molecule has 0 unspecified atom stereocenters. The smallest absolute Gasteiger partial charge is 0.306 e. The van der Waals surface area contributed by atoms with E-state index in [9.17, 15) is 4.79 Å². The Hall–Kier alpha value is -0.530. The van der Waals surface area contributed by atoms with Crippen LogP contribution in [-0.4, -0.2) is 12.1 Å². The molecule has 25 heavy (non-hydrogen) atoms. The third-order valence-electron chi connectivity index (χ3n) is 5.12. The van der Waals surface area contributed by atoms with E-state index in [4.69, 9.17) is 4.74 Å². The molecule has 2 nitrogen and oxygen atoms in total. The Morgan fingerprint density at radius 3 is 1.56 bits per heavy atom. The van der Waals surface area contributed by atoms with Crippen molar-refractivity contribution < 1.29 is 9.53 Å². The normalized spacial score (nSPS) is 12.3. The first-order chi connectivity index (χ1) is 12.2. The van der Waals surface area contributed by atoms with Crippen LogP contribution in [0.3, 0.4) is 0 Å². The fraction of sp³-hybridized carbons (Fsp3) is 0.957. The van der Waals surface area contributed by atoms with E-state index in [1.54, 1.807) is 0 Å². The van der Waals surface area contributed by atoms with Gasteiger partial charge in [0, 0.05) is 6.42 Å². The Balaban J connectivity index is 3.41. The standard InChI is InChI=1S/C23H46O2/c1-4-7-9-11-12-13-14-15-16-17-19-21-23(24)25-22(6-3)20-18-10-8-5-2/h22H,4-21H2,1-3H3/t22-/m1/s1. The second-order valence-electron chi connectivity index (χ2n) is 7.65. The summed E-state index contributed by atoms with van der Waals surface area (Å²) in [4.78, 5) is 11.9. The molecule has 0 radical (unpaired) electrons. The molecule has 0 N–H and O–H groups in total. The maximum Gasteiger partial charge on any atom is 0.306 e. The SMILES string of the molecule is CCCCCCCCCCCCCC(=O)O[C@H](CC)CCCCCC. The molecule has 0 aliphatic rings. The molecule has 0 aromatic heterocycles. The van der Waals surface area contributed by atoms with Crippen LogP contribution in [0.2, 0.25) is 0 Å². The second kappa shape index (κ2) is 19.8. The number of hydrogen-bond donors (Lipinski definition) is 0. The third-order valence-corrected chi connectivity index (χ3v) is 5.12. The highest BCUT2D eigenvalue weighted by Gasteiger charge is 2.11. The average molecular weight is 355 g/mol. The Morgan fingerprint density at radius 2 is 1.08 bits per heavy atom. The Bertz CT molecular complexity index is 275. The highest BCUT2D eigenvalue weighted by Crippen LogP contribution is 2.14. The fourth-order valence-corrected chi connectivity index (χ4v) is 3.32. The molecule has 150 valence electrons. The van der Waals surface area contributed by atoms with Gasteiger partial charge in [-0.25, -0.2) is 0 Å². The lowest BCUT2D eigenvalue weighted by molar-refractivity contribution is -0.149. The van der Waals surface area contributed by atoms with Gasteiger partial charge in [0.1, 0.15) is 6.10 Å². The van der Waals surface area contributed by atoms with Crippen molar-refractivity contribution in [1.29, 1.82) is 0 Å². The van der Waals surface area contributed by atoms with Crippen molar-refractivity contribution in [3.63, 3.8) is 0 Å². The predicted molar refractivity (Wildman–Crippen MR) is 110 cm³/mol. The topological polar surface area (TPSA) is 26.3 Å². The van der Waals surface area contributed by atoms with Gasteiger partial charge in [0.25, 0.3) is 0 Å². The number of rotatable bonds is 19. The van der Waals surface area contributed by atoms with Gasteiger partial charge in [-0.05, 0) is 25.7 Å². The number of hydrogen-bond acceptors (Lipinski definition) is 2. The van der Waals surface area contributed by atoms with Crippen molar-refractivity contribution >= 4 is 5.97 Å². The zero-order chi connectivity index (χ0) is 18.6. The molecule has 0 rings (SSSR count). The first kappa shape index (κ1) is 24.5. The highest BCUT2D eigenvalue weighted by molar-refractivity contribution is 5.69. The lowest BCUT2D eigenvalue weighted by atomic mass is 10.1. The summed E-state index contributed by atoms with van der Waals surface area (Å²) < 4.78 is 5.63. The van der Waals surface area contributed by atoms with E-state index in [2.05, 4.69) is 20.8 Å². The zero-order valence-electron chi connectivity index (χ0n) is 17.6. The molecule has 0 saturated carbocycles. The van der Waals surface area contributed by atoms with Gasteiger partial charge in [-0.1, -0.05) is 104 Å². The first-order valence-electron chi connectivity index (χ1n) is 11.4. The van der Waals surface area contributed by atoms with Crippen LogP contribution in [0, 0.1) is 0 Å². The summed E-state index contributed by atoms with van der Waals surface area (Å²) in [5.41, 5.74) is 0. The summed E-state index contributed by atoms with van der Waals surface area (Å²) in [5, 5.41) is 0. The van der Waals surface area contributed by atoms with E-state index >= 15 is 0 Å². The lowest BCUT2D eigenvalue weighted by Gasteiger charge is -2.16. The van der Waals surface area contributed by atoms with Crippen molar-refractivity contribution in [3.8, 4) is 0 Å². The minimum absolute atomic E-state index is 0.0262. The van der Waals surface area contributed by atoms with Gasteiger partial charge in [-0.3, -0.25) is 4.79 Å². The minimum atomic E-state index is 0.0262. The molecule has 0 bridgehead atoms. The van der Waals surface area contributed by atoms with Crippen LogP contribution in [0.1, 0.15) is 136 Å². The van der Waals surface area contributed by atoms with Gasteiger partial charge in [-0.15, -0.1) is 0 Å². The number of carbonyl (C=O) groups excluding carboxylic acids is 1. The Kier molecular flexibility index (Phi) is 19.4. The quantitative estimate of drug-likeness (QED) is 0.173. The van der Waals surface area contributed by atoms with Crippen LogP contribution in [0.25, 0.3) is 0 Å². The van der Waals surface area contributed by atoms with Crippen LogP contribution in [0.15, 0.2) is 0 Å². The van der Waals surface area contributed by atoms with Gasteiger partial charge in [0.15, 0.2) is 0 Å². The van der Waals surface area contributed by atoms with Crippen LogP contribution >= 0.6 is 0 Å². The Morgan fingerprint density at radius 1 is 0.640 bits per heavy atom. The zero-order valence-corrected chi connectivity index (χ0v) is 17.6. The summed E-state index contributed by atoms with van der Waals surface area (Å²) in [7, 11) is 0. The summed E-state index contributed by atoms with van der Waals surface area (Å²) >= 11 is 0. The van der Waals surface area contributed by atoms with E-state index in [1.165, 1.54) is 89.9 Å². The lowest BCUT2D eigenvalue weighted by Crippen LogP contribution is -2.17. The van der Waals surface area contributed by atoms with Gasteiger partial charge >= 0.3 is 5.97 Å². The highest BCUT2D eigenvalue weighted by atomic mass is 16.5. The largest absolute Gasteiger partial charge is 0.462 e. The monoisotopic (exact) mass is 354 g/mol. The van der Waals surface area contributed by atoms with E-state index in [0.29, 0.717) is 6.42 Å². The van der Waals surface area contributed by atoms with Crippen molar-refractivity contribution in [1.82, 2.24) is 0 Å². The molecule has 1 atom stereocenters. The van der Waals surface area contributed by atoms with E-state index in [0.717, 1.165) is 19.3 Å². The van der Waals surface area contributed by atoms with Gasteiger partial charge < -0.3 is 4.74 Å². The molecule has 0 amide bonds. The Labute approximate surface area is 158 Å². The minimum Gasteiger partial charge on any atom is -0.462 e. The molecule has 0 aliphatic heterocycles. The fourth-order valence-electron chi connectivity index (χ4n) is 3.32. The van der Waals surface area contributed by atoms with E-state index < -0.39 is 0 Å². The molecule has 0 aliphatic carbocycles. The van der Waals surface area contributed by atoms with Crippen molar-refractivity contribution in [2.75, 3.05) is 0 Å². The number of esters is 1. The molecular weight excluding hydrogens is 308 g/mol. The van der Waals surface area contributed by atoms with Crippen molar-refractivity contribution in [2.24, 2.45) is 0 Å². The predicted octanol–water partition coefficient (Wildman–Crippen LogP) is 7.98. The van der Waals surface area contributed by atoms with Crippen LogP contribution in [-0.2, 0) is 9.53 Å². The second-order valence-corrected chi connectivity index (χ2v) is 7.65. The van der Waals surface area contributed by atoms with Gasteiger partial charge in [0.2, 0.25) is 0 Å². The number of carbonyl (C=O) groups is 1. The maximum atomic E-state index is 11.9. The molecular formula is C23H46O2. The summed E-state index contributed by atoms with van der Waals surface area (Å²) in [6, 6.07) is 0. The first-order valence-corrected chi connectivity index (χ1v) is 11.4. The summed E-state index contributed by atoms with van der Waals surface area (Å²) in [6.07, 6.45) is 22.3. The van der Waals surface area contributed by atoms with Crippen LogP contribution in [0.5, 0.6) is 0 Å². The van der Waals surface area contributed by atoms with Crippen molar-refractivity contribution in [2.45, 2.75) is 142 Å². The maximum absolute atomic E-state index is 11.9. The molecule has 0 heterocycles. The molecule has 0 fully saturated rings. The van der Waals surface area contributed by atoms with E-state index in [-0.39, 0.29) is 12.1 Å². The van der Waals surface area contributed by atoms with Crippen molar-refractivity contribution in [3.05, 3.63) is 0 Å². The number of ether oxygens (including phenoxy) is 1. The van der Waals surface area contributed by atoms with Crippen LogP contribution in [0.4, 0.5) is 0 Å². The molecule has 0 aromatic rings. The van der Waals surface area contributed by atoms with Gasteiger partial charge in [-0.2, -0.15) is 0 Å². The van der Waals surface area contributed by atoms with Gasteiger partial charge in [0.05, 0.1) is 0 Å². The molecule has 0 aromatic carbocycles. The third kappa shape index (κ3) is 18.1. The molecule has 0 spiro atoms. The molecule has 2 heteroatoms. The summed E-state index contributed by atoms with van der Waals surface area (Å²) in [5.74, 6) is 0.0262. The average Bonchev–Trinajstić information content (AvgIpc) is 2.62.